The van der Waals surface area contributed by atoms with Crippen LogP contribution in [0.4, 0.5) is 4.79 Å². The molecule has 0 aromatic rings. The molecule has 13 atom stereocenters. The maximum absolute atomic E-state index is 14.1. The Morgan fingerprint density at radius 2 is 1.80 bits per heavy atom. The van der Waals surface area contributed by atoms with Crippen LogP contribution in [-0.2, 0) is 33.3 Å². The predicted molar refractivity (Wildman–Crippen MR) is 168 cm³/mol. The van der Waals surface area contributed by atoms with E-state index in [2.05, 4.69) is 22.9 Å². The molecule has 0 bridgehead atoms. The van der Waals surface area contributed by atoms with Gasteiger partial charge in [-0.3, -0.25) is 9.59 Å². The maximum atomic E-state index is 14.1. The van der Waals surface area contributed by atoms with Crippen LogP contribution in [0, 0.1) is 17.8 Å². The molecule has 0 aromatic heterocycles. The molecule has 3 saturated heterocycles. The number of aliphatic hydroxyl groups is 1. The van der Waals surface area contributed by atoms with Crippen LogP contribution in [0.3, 0.4) is 0 Å². The van der Waals surface area contributed by atoms with Crippen LogP contribution in [0.15, 0.2) is 0 Å². The van der Waals surface area contributed by atoms with E-state index in [0.29, 0.717) is 32.4 Å². The number of methoxy groups -OCH3 is 1. The van der Waals surface area contributed by atoms with Crippen molar-refractivity contribution in [3.05, 3.63) is 0 Å². The number of Topliss-reactive ketones (excluding diaryl/α,β-unsaturated/α-hetero) is 1. The third kappa shape index (κ3) is 8.17. The minimum absolute atomic E-state index is 0.0289. The number of nitrogens with zero attached hydrogens (tertiary/aromatic N) is 1. The van der Waals surface area contributed by atoms with Gasteiger partial charge in [0.1, 0.15) is 18.1 Å². The van der Waals surface area contributed by atoms with E-state index in [9.17, 15) is 19.5 Å². The van der Waals surface area contributed by atoms with E-state index in [-0.39, 0.29) is 29.9 Å². The number of hydrogen-bond acceptors (Lipinski definition) is 12. The van der Waals surface area contributed by atoms with Crippen molar-refractivity contribution in [1.82, 2.24) is 20.9 Å². The number of rotatable bonds is 7. The smallest absolute Gasteiger partial charge is 0.408 e. The van der Waals surface area contributed by atoms with Gasteiger partial charge in [-0.05, 0) is 80.6 Å². The van der Waals surface area contributed by atoms with E-state index in [1.807, 2.05) is 46.8 Å². The van der Waals surface area contributed by atoms with Gasteiger partial charge in [0, 0.05) is 31.7 Å². The van der Waals surface area contributed by atoms with Crippen molar-refractivity contribution in [2.45, 2.75) is 128 Å². The van der Waals surface area contributed by atoms with Crippen molar-refractivity contribution in [3.8, 4) is 0 Å². The number of ketones is 1. The van der Waals surface area contributed by atoms with Crippen LogP contribution < -0.4 is 16.0 Å². The lowest BCUT2D eigenvalue weighted by Crippen LogP contribution is -2.60. The minimum Gasteiger partial charge on any atom is -0.458 e. The number of hydrogen-bond donors (Lipinski definition) is 4. The molecule has 2 unspecified atom stereocenters. The Labute approximate surface area is 268 Å². The summed E-state index contributed by atoms with van der Waals surface area (Å²) in [7, 11) is 7.22. The van der Waals surface area contributed by atoms with Crippen molar-refractivity contribution in [1.29, 1.82) is 0 Å². The summed E-state index contributed by atoms with van der Waals surface area (Å²) in [6.07, 6.45) is -3.06. The molecule has 13 heteroatoms. The van der Waals surface area contributed by atoms with E-state index < -0.39 is 65.7 Å². The molecular formula is C32H58N4O9. The Hall–Kier alpha value is -1.87. The summed E-state index contributed by atoms with van der Waals surface area (Å²) >= 11 is 0. The molecule has 0 spiro atoms. The molecule has 3 aliphatic rings. The van der Waals surface area contributed by atoms with Gasteiger partial charge in [-0.1, -0.05) is 20.8 Å². The SMILES string of the molecule is CC[C@@H]1OC(=O)[C@H](C)C(=O)[C@H](C)[C@@H](O[C@@H]2O[C@H](CNC)CC(N(C)C)C2O)[C@](C)(OC)C[C@@H](C)CN[C@H](C)[C@H]2NC(=O)O[C@]12C. The topological polar surface area (TPSA) is 157 Å². The minimum atomic E-state index is -1.15. The molecule has 0 aliphatic carbocycles. The van der Waals surface area contributed by atoms with E-state index in [1.165, 1.54) is 6.92 Å². The molecule has 13 nitrogen and oxygen atoms in total. The van der Waals surface area contributed by atoms with Crippen molar-refractivity contribution in [2.75, 3.05) is 41.3 Å². The second-order valence-electron chi connectivity index (χ2n) is 14.0. The van der Waals surface area contributed by atoms with Gasteiger partial charge < -0.3 is 49.6 Å². The van der Waals surface area contributed by atoms with Gasteiger partial charge in [-0.15, -0.1) is 0 Å². The Morgan fingerprint density at radius 3 is 2.38 bits per heavy atom. The average Bonchev–Trinajstić information content (AvgIpc) is 3.31. The Bertz CT molecular complexity index is 1030. The van der Waals surface area contributed by atoms with Crippen LogP contribution >= 0.6 is 0 Å². The van der Waals surface area contributed by atoms with Gasteiger partial charge in [0.25, 0.3) is 0 Å². The van der Waals surface area contributed by atoms with Crippen LogP contribution in [0.5, 0.6) is 0 Å². The fourth-order valence-corrected chi connectivity index (χ4v) is 7.38. The lowest BCUT2D eigenvalue weighted by molar-refractivity contribution is -0.296. The number of ether oxygens (including phenoxy) is 5. The second-order valence-corrected chi connectivity index (χ2v) is 14.0. The molecule has 45 heavy (non-hydrogen) atoms. The number of carbonyl (C=O) groups is 3. The standard InChI is InChI=1S/C32H58N4O9/c1-12-23-32(7)26(35-30(40)45-32)20(5)34-15-17(2)14-31(6,41-11)27(18(3)24(37)19(4)28(39)43-23)44-29-25(38)22(36(9)10)13-21(42-29)16-33-8/h17-23,25-27,29,33-34,38H,12-16H2,1-11H3,(H,35,40)/t17-,18+,19-,20-,21+,22?,23+,25?,26-,27-,29+,31-,32-/m1/s1. The first-order chi connectivity index (χ1) is 21.0. The lowest BCUT2D eigenvalue weighted by Gasteiger charge is -2.47. The highest BCUT2D eigenvalue weighted by atomic mass is 16.7. The maximum Gasteiger partial charge on any atom is 0.408 e. The molecule has 1 amide bonds. The Kier molecular flexibility index (Phi) is 12.8. The Balaban J connectivity index is 2.03. The molecular weight excluding hydrogens is 584 g/mol. The first-order valence-electron chi connectivity index (χ1n) is 16.3. The van der Waals surface area contributed by atoms with E-state index in [1.54, 1.807) is 21.0 Å². The largest absolute Gasteiger partial charge is 0.458 e. The molecule has 3 fully saturated rings. The summed E-state index contributed by atoms with van der Waals surface area (Å²) < 4.78 is 30.8. The zero-order valence-electron chi connectivity index (χ0n) is 29.0. The van der Waals surface area contributed by atoms with Crippen LogP contribution in [0.1, 0.15) is 67.7 Å². The van der Waals surface area contributed by atoms with Gasteiger partial charge in [-0.25, -0.2) is 4.79 Å². The number of fused-ring (bicyclic) bond motifs is 1. The number of amides is 1. The number of carbonyl (C=O) groups excluding carboxylic acids is 3. The fraction of sp³-hybridized carbons (Fsp3) is 0.906. The van der Waals surface area contributed by atoms with E-state index >= 15 is 0 Å². The summed E-state index contributed by atoms with van der Waals surface area (Å²) in [6.45, 7) is 13.9. The van der Waals surface area contributed by atoms with Crippen LogP contribution in [0.2, 0.25) is 0 Å². The quantitative estimate of drug-likeness (QED) is 0.235. The third-order valence-electron chi connectivity index (χ3n) is 10.1. The highest BCUT2D eigenvalue weighted by molar-refractivity contribution is 6.00. The van der Waals surface area contributed by atoms with Crippen molar-refractivity contribution in [3.63, 3.8) is 0 Å². The van der Waals surface area contributed by atoms with Gasteiger partial charge >= 0.3 is 12.1 Å². The molecule has 3 rings (SSSR count). The molecule has 0 aromatic carbocycles. The highest BCUT2D eigenvalue weighted by Crippen LogP contribution is 2.37. The second kappa shape index (κ2) is 15.4. The summed E-state index contributed by atoms with van der Waals surface area (Å²) in [6, 6.07) is -0.967. The molecule has 4 N–H and O–H groups in total. The molecule has 3 heterocycles. The first kappa shape index (κ1) is 37.6. The summed E-state index contributed by atoms with van der Waals surface area (Å²) in [5.41, 5.74) is -2.17. The van der Waals surface area contributed by atoms with Gasteiger partial charge in [0.15, 0.2) is 17.7 Å². The highest BCUT2D eigenvalue weighted by Gasteiger charge is 2.55. The van der Waals surface area contributed by atoms with Gasteiger partial charge in [0.2, 0.25) is 0 Å². The molecule has 0 saturated carbocycles. The van der Waals surface area contributed by atoms with Crippen molar-refractivity contribution < 1.29 is 43.2 Å². The van der Waals surface area contributed by atoms with Crippen LogP contribution in [0.25, 0.3) is 0 Å². The summed E-state index contributed by atoms with van der Waals surface area (Å²) in [5, 5.41) is 21.0. The summed E-state index contributed by atoms with van der Waals surface area (Å²) in [4.78, 5) is 42.1. The van der Waals surface area contributed by atoms with Crippen molar-refractivity contribution >= 4 is 17.8 Å². The van der Waals surface area contributed by atoms with E-state index in [4.69, 9.17) is 23.7 Å². The normalized spacial score (nSPS) is 43.9. The lowest BCUT2D eigenvalue weighted by atomic mass is 9.78. The zero-order chi connectivity index (χ0) is 33.9. The number of likely N-dealkylation sites (N-methyl/N-ethyl adjacent to an activating group) is 2. The van der Waals surface area contributed by atoms with Crippen molar-refractivity contribution in [2.24, 2.45) is 17.8 Å². The predicted octanol–water partition coefficient (Wildman–Crippen LogP) is 1.45. The van der Waals surface area contributed by atoms with Crippen LogP contribution in [-0.4, -0.2) is 129 Å². The van der Waals surface area contributed by atoms with Gasteiger partial charge in [-0.2, -0.15) is 0 Å². The monoisotopic (exact) mass is 642 g/mol. The number of aliphatic hydroxyl groups excluding tert-OH is 1. The number of esters is 1. The first-order valence-corrected chi connectivity index (χ1v) is 16.3. The number of alkyl carbamates (subject to hydrolysis) is 1. The summed E-state index contributed by atoms with van der Waals surface area (Å²) in [5.74, 6) is -3.05. The fourth-order valence-electron chi connectivity index (χ4n) is 7.38. The molecule has 0 radical (unpaired) electrons. The molecule has 3 aliphatic heterocycles. The third-order valence-corrected chi connectivity index (χ3v) is 10.1. The average molecular weight is 643 g/mol. The number of cyclic esters (lactones) is 1. The Morgan fingerprint density at radius 1 is 1.13 bits per heavy atom. The number of nitrogens with one attached hydrogen (secondary N) is 3. The molecule has 260 valence electrons. The zero-order valence-corrected chi connectivity index (χ0v) is 29.0. The van der Waals surface area contributed by atoms with Gasteiger partial charge in [0.05, 0.1) is 23.9 Å². The van der Waals surface area contributed by atoms with E-state index in [0.717, 1.165) is 0 Å².